The van der Waals surface area contributed by atoms with Gasteiger partial charge in [0.15, 0.2) is 11.6 Å². The van der Waals surface area contributed by atoms with Crippen molar-refractivity contribution in [3.8, 4) is 0 Å². The van der Waals surface area contributed by atoms with Crippen LogP contribution in [0, 0.1) is 0 Å². The number of aliphatic hydroxyl groups excluding tert-OH is 1. The lowest BCUT2D eigenvalue weighted by Gasteiger charge is -2.36. The highest BCUT2D eigenvalue weighted by molar-refractivity contribution is 7.88. The molecule has 0 radical (unpaired) electrons. The second-order valence-corrected chi connectivity index (χ2v) is 10.5. The number of piperazine rings is 2. The fraction of sp³-hybridized carbons (Fsp3) is 0.524. The molecule has 3 heterocycles. The third-order valence-electron chi connectivity index (χ3n) is 5.94. The molecule has 1 N–H and O–H groups in total. The molecule has 0 atom stereocenters. The van der Waals surface area contributed by atoms with Gasteiger partial charge in [-0.3, -0.25) is 4.90 Å². The van der Waals surface area contributed by atoms with E-state index in [4.69, 9.17) is 16.7 Å². The standard InChI is InChI=1S/C21H29ClN6O3S/c22-19-3-1-2-18(16-19)17-32(30,31)28-12-10-27(11-13-28)21-5-4-20(23-24-21)26-8-6-25(7-9-26)14-15-29/h1-5,16,29H,6-15,17H2. The van der Waals surface area contributed by atoms with Crippen LogP contribution in [0.15, 0.2) is 36.4 Å². The van der Waals surface area contributed by atoms with E-state index in [1.807, 2.05) is 12.1 Å². The molecule has 4 rings (SSSR count). The lowest BCUT2D eigenvalue weighted by atomic mass is 10.2. The number of rotatable bonds is 7. The van der Waals surface area contributed by atoms with Gasteiger partial charge >= 0.3 is 0 Å². The summed E-state index contributed by atoms with van der Waals surface area (Å²) in [5.74, 6) is 1.56. The molecule has 0 saturated carbocycles. The number of anilines is 2. The third-order valence-corrected chi connectivity index (χ3v) is 8.03. The van der Waals surface area contributed by atoms with Crippen molar-refractivity contribution in [3.63, 3.8) is 0 Å². The Hall–Kier alpha value is -1.98. The fourth-order valence-corrected chi connectivity index (χ4v) is 5.84. The first kappa shape index (κ1) is 23.2. The minimum absolute atomic E-state index is 0.0480. The Labute approximate surface area is 194 Å². The number of hydrogen-bond acceptors (Lipinski definition) is 8. The SMILES string of the molecule is O=S(=O)(Cc1cccc(Cl)c1)N1CCN(c2ccc(N3CCN(CCO)CC3)nn2)CC1. The average molecular weight is 481 g/mol. The Kier molecular flexibility index (Phi) is 7.47. The van der Waals surface area contributed by atoms with Gasteiger partial charge in [-0.05, 0) is 29.8 Å². The Morgan fingerprint density at radius 3 is 2.00 bits per heavy atom. The molecule has 2 aliphatic heterocycles. The zero-order valence-electron chi connectivity index (χ0n) is 18.0. The molecule has 32 heavy (non-hydrogen) atoms. The largest absolute Gasteiger partial charge is 0.395 e. The quantitative estimate of drug-likeness (QED) is 0.624. The van der Waals surface area contributed by atoms with E-state index >= 15 is 0 Å². The zero-order valence-corrected chi connectivity index (χ0v) is 19.5. The number of nitrogens with zero attached hydrogens (tertiary/aromatic N) is 6. The monoisotopic (exact) mass is 480 g/mol. The van der Waals surface area contributed by atoms with Gasteiger partial charge in [-0.15, -0.1) is 10.2 Å². The van der Waals surface area contributed by atoms with Gasteiger partial charge in [-0.25, -0.2) is 8.42 Å². The van der Waals surface area contributed by atoms with Crippen molar-refractivity contribution in [1.29, 1.82) is 0 Å². The number of hydrogen-bond donors (Lipinski definition) is 1. The van der Waals surface area contributed by atoms with E-state index in [0.29, 0.717) is 43.3 Å². The van der Waals surface area contributed by atoms with Crippen molar-refractivity contribution in [3.05, 3.63) is 47.0 Å². The van der Waals surface area contributed by atoms with E-state index in [1.54, 1.807) is 24.3 Å². The zero-order chi connectivity index (χ0) is 22.6. The lowest BCUT2D eigenvalue weighted by Crippen LogP contribution is -2.49. The van der Waals surface area contributed by atoms with Gasteiger partial charge in [0.1, 0.15) is 0 Å². The van der Waals surface area contributed by atoms with Crippen LogP contribution in [-0.2, 0) is 15.8 Å². The van der Waals surface area contributed by atoms with Crippen LogP contribution in [0.3, 0.4) is 0 Å². The van der Waals surface area contributed by atoms with Crippen molar-refractivity contribution < 1.29 is 13.5 Å². The smallest absolute Gasteiger partial charge is 0.218 e. The Balaban J connectivity index is 1.30. The van der Waals surface area contributed by atoms with Crippen LogP contribution in [-0.4, -0.2) is 98.4 Å². The molecule has 9 nitrogen and oxygen atoms in total. The van der Waals surface area contributed by atoms with Gasteiger partial charge in [0.2, 0.25) is 10.0 Å². The summed E-state index contributed by atoms with van der Waals surface area (Å²) in [7, 11) is -3.40. The van der Waals surface area contributed by atoms with Gasteiger partial charge in [-0.1, -0.05) is 23.7 Å². The Morgan fingerprint density at radius 1 is 0.875 bits per heavy atom. The molecule has 1 aromatic heterocycles. The van der Waals surface area contributed by atoms with E-state index in [-0.39, 0.29) is 12.4 Å². The molecule has 0 bridgehead atoms. The molecule has 2 fully saturated rings. The minimum Gasteiger partial charge on any atom is -0.395 e. The summed E-state index contributed by atoms with van der Waals surface area (Å²) in [4.78, 5) is 6.50. The molecule has 174 valence electrons. The number of benzene rings is 1. The van der Waals surface area contributed by atoms with Gasteiger partial charge in [0.25, 0.3) is 0 Å². The predicted molar refractivity (Wildman–Crippen MR) is 126 cm³/mol. The van der Waals surface area contributed by atoms with Gasteiger partial charge in [0.05, 0.1) is 12.4 Å². The van der Waals surface area contributed by atoms with E-state index in [2.05, 4.69) is 24.9 Å². The van der Waals surface area contributed by atoms with E-state index < -0.39 is 10.0 Å². The predicted octanol–water partition coefficient (Wildman–Crippen LogP) is 0.896. The molecule has 2 aliphatic rings. The molecule has 0 unspecified atom stereocenters. The summed E-state index contributed by atoms with van der Waals surface area (Å²) < 4.78 is 27.2. The highest BCUT2D eigenvalue weighted by Crippen LogP contribution is 2.20. The molecular formula is C21H29ClN6O3S. The summed E-state index contributed by atoms with van der Waals surface area (Å²) in [5, 5.41) is 18.4. The fourth-order valence-electron chi connectivity index (χ4n) is 4.12. The first-order valence-electron chi connectivity index (χ1n) is 10.8. The first-order chi connectivity index (χ1) is 15.4. The van der Waals surface area contributed by atoms with Crippen molar-refractivity contribution in [2.75, 3.05) is 75.3 Å². The number of aromatic nitrogens is 2. The Morgan fingerprint density at radius 2 is 1.47 bits per heavy atom. The minimum atomic E-state index is -3.40. The number of β-amino-alcohol motifs (C(OH)–C–C–N with tert-alkyl or cyclic N) is 1. The molecule has 11 heteroatoms. The maximum absolute atomic E-state index is 12.8. The molecule has 0 aliphatic carbocycles. The van der Waals surface area contributed by atoms with Crippen molar-refractivity contribution in [2.24, 2.45) is 0 Å². The summed E-state index contributed by atoms with van der Waals surface area (Å²) in [6.07, 6.45) is 0. The maximum atomic E-state index is 12.8. The van der Waals surface area contributed by atoms with Crippen molar-refractivity contribution in [1.82, 2.24) is 19.4 Å². The second kappa shape index (κ2) is 10.3. The summed E-state index contributed by atoms with van der Waals surface area (Å²) in [6.45, 7) is 6.38. The highest BCUT2D eigenvalue weighted by Gasteiger charge is 2.28. The van der Waals surface area contributed by atoms with Crippen LogP contribution < -0.4 is 9.80 Å². The summed E-state index contributed by atoms with van der Waals surface area (Å²) >= 11 is 5.98. The molecule has 1 aromatic carbocycles. The lowest BCUT2D eigenvalue weighted by molar-refractivity contribution is 0.188. The number of halogens is 1. The van der Waals surface area contributed by atoms with E-state index in [9.17, 15) is 8.42 Å². The first-order valence-corrected chi connectivity index (χ1v) is 12.8. The third kappa shape index (κ3) is 5.68. The van der Waals surface area contributed by atoms with Crippen molar-refractivity contribution >= 4 is 33.3 Å². The molecule has 0 amide bonds. The van der Waals surface area contributed by atoms with Gasteiger partial charge < -0.3 is 14.9 Å². The number of sulfonamides is 1. The average Bonchev–Trinajstić information content (AvgIpc) is 2.80. The molecular weight excluding hydrogens is 452 g/mol. The van der Waals surface area contributed by atoms with E-state index in [1.165, 1.54) is 4.31 Å². The second-order valence-electron chi connectivity index (χ2n) is 8.07. The van der Waals surface area contributed by atoms with Crippen LogP contribution in [0.4, 0.5) is 11.6 Å². The highest BCUT2D eigenvalue weighted by atomic mass is 35.5. The molecule has 0 spiro atoms. The maximum Gasteiger partial charge on any atom is 0.218 e. The van der Waals surface area contributed by atoms with Gasteiger partial charge in [0, 0.05) is 63.9 Å². The molecule has 2 aromatic rings. The Bertz CT molecular complexity index is 991. The summed E-state index contributed by atoms with van der Waals surface area (Å²) in [6, 6.07) is 10.9. The van der Waals surface area contributed by atoms with Crippen LogP contribution in [0.25, 0.3) is 0 Å². The number of aliphatic hydroxyl groups is 1. The van der Waals surface area contributed by atoms with Crippen LogP contribution in [0.1, 0.15) is 5.56 Å². The van der Waals surface area contributed by atoms with Crippen LogP contribution >= 0.6 is 11.6 Å². The van der Waals surface area contributed by atoms with Crippen molar-refractivity contribution in [2.45, 2.75) is 5.75 Å². The summed E-state index contributed by atoms with van der Waals surface area (Å²) in [5.41, 5.74) is 0.693. The van der Waals surface area contributed by atoms with Crippen LogP contribution in [0.2, 0.25) is 5.02 Å². The normalized spacial score (nSPS) is 18.8. The van der Waals surface area contributed by atoms with Crippen LogP contribution in [0.5, 0.6) is 0 Å². The van der Waals surface area contributed by atoms with Gasteiger partial charge in [-0.2, -0.15) is 4.31 Å². The van der Waals surface area contributed by atoms with E-state index in [0.717, 1.165) is 37.8 Å². The topological polar surface area (TPSA) is 93.1 Å². The molecule has 2 saturated heterocycles.